The number of aromatic amines is 1. The summed E-state index contributed by atoms with van der Waals surface area (Å²) >= 11 is 0. The van der Waals surface area contributed by atoms with Gasteiger partial charge in [0.1, 0.15) is 0 Å². The molecule has 7 heteroatoms. The zero-order valence-corrected chi connectivity index (χ0v) is 12.4. The number of unbranched alkanes of at least 4 members (excludes halogenated alkanes) is 1. The minimum Gasteiger partial charge on any atom is -0.353 e. The Morgan fingerprint density at radius 3 is 2.65 bits per heavy atom. The number of nitrogens with zero attached hydrogens (tertiary/aromatic N) is 3. The number of aryl methyl sites for hydroxylation is 1. The van der Waals surface area contributed by atoms with Gasteiger partial charge in [-0.25, -0.2) is 4.79 Å². The molecule has 7 nitrogen and oxygen atoms in total. The molecule has 110 valence electrons. The van der Waals surface area contributed by atoms with Crippen LogP contribution in [0.3, 0.4) is 0 Å². The summed E-state index contributed by atoms with van der Waals surface area (Å²) in [5, 5.41) is 3.23. The molecule has 0 saturated heterocycles. The van der Waals surface area contributed by atoms with E-state index < -0.39 is 0 Å². The van der Waals surface area contributed by atoms with Crippen molar-refractivity contribution in [3.63, 3.8) is 0 Å². The van der Waals surface area contributed by atoms with E-state index in [0.29, 0.717) is 17.1 Å². The van der Waals surface area contributed by atoms with E-state index in [2.05, 4.69) is 29.1 Å². The third-order valence-electron chi connectivity index (χ3n) is 3.47. The van der Waals surface area contributed by atoms with Crippen LogP contribution in [-0.4, -0.2) is 25.1 Å². The van der Waals surface area contributed by atoms with Gasteiger partial charge in [-0.15, -0.1) is 0 Å². The third-order valence-corrected chi connectivity index (χ3v) is 3.47. The van der Waals surface area contributed by atoms with Crippen molar-refractivity contribution < 1.29 is 0 Å². The summed E-state index contributed by atoms with van der Waals surface area (Å²) in [6.45, 7) is 4.22. The molecule has 2 aromatic heterocycles. The lowest BCUT2D eigenvalue weighted by Crippen LogP contribution is -2.36. The second kappa shape index (κ2) is 5.52. The number of aromatic nitrogens is 4. The molecule has 0 fully saturated rings. The maximum Gasteiger partial charge on any atom is 0.332 e. The van der Waals surface area contributed by atoms with Crippen molar-refractivity contribution in [2.24, 2.45) is 14.1 Å². The molecule has 0 radical (unpaired) electrons. The van der Waals surface area contributed by atoms with Crippen molar-refractivity contribution in [1.29, 1.82) is 0 Å². The first-order valence-corrected chi connectivity index (χ1v) is 6.88. The molecule has 0 aliphatic heterocycles. The monoisotopic (exact) mass is 279 g/mol. The number of nitrogens with one attached hydrogen (secondary N) is 2. The quantitative estimate of drug-likeness (QED) is 0.853. The minimum absolute atomic E-state index is 0.261. The van der Waals surface area contributed by atoms with Gasteiger partial charge in [-0.1, -0.05) is 19.8 Å². The highest BCUT2D eigenvalue weighted by molar-refractivity contribution is 5.72. The molecule has 2 aromatic rings. The van der Waals surface area contributed by atoms with Crippen molar-refractivity contribution >= 4 is 17.1 Å². The molecule has 0 spiro atoms. The number of H-pyrrole nitrogens is 1. The highest BCUT2D eigenvalue weighted by Gasteiger charge is 2.14. The number of hydrogen-bond donors (Lipinski definition) is 2. The van der Waals surface area contributed by atoms with Crippen molar-refractivity contribution in [3.8, 4) is 0 Å². The Balaban J connectivity index is 2.39. The van der Waals surface area contributed by atoms with Crippen LogP contribution >= 0.6 is 0 Å². The lowest BCUT2D eigenvalue weighted by atomic mass is 10.1. The summed E-state index contributed by atoms with van der Waals surface area (Å²) in [6, 6.07) is 0.261. The number of hydrogen-bond acceptors (Lipinski definition) is 4. The van der Waals surface area contributed by atoms with Crippen LogP contribution in [0.5, 0.6) is 0 Å². The maximum absolute atomic E-state index is 12.0. The molecule has 0 aromatic carbocycles. The average Bonchev–Trinajstić information content (AvgIpc) is 2.84. The third kappa shape index (κ3) is 2.48. The summed E-state index contributed by atoms with van der Waals surface area (Å²) in [6.07, 6.45) is 3.31. The Labute approximate surface area is 116 Å². The molecule has 0 bridgehead atoms. The average molecular weight is 279 g/mol. The highest BCUT2D eigenvalue weighted by atomic mass is 16.2. The number of anilines is 1. The van der Waals surface area contributed by atoms with Gasteiger partial charge >= 0.3 is 5.69 Å². The second-order valence-electron chi connectivity index (χ2n) is 5.18. The molecular formula is C13H21N5O2. The van der Waals surface area contributed by atoms with Crippen LogP contribution in [0.2, 0.25) is 0 Å². The van der Waals surface area contributed by atoms with E-state index in [1.54, 1.807) is 7.05 Å². The summed E-state index contributed by atoms with van der Waals surface area (Å²) in [5.41, 5.74) is -0.00692. The summed E-state index contributed by atoms with van der Waals surface area (Å²) in [7, 11) is 3.07. The molecule has 0 amide bonds. The van der Waals surface area contributed by atoms with Crippen LogP contribution in [0, 0.1) is 0 Å². The van der Waals surface area contributed by atoms with E-state index in [1.807, 2.05) is 0 Å². The molecule has 0 aliphatic rings. The largest absolute Gasteiger partial charge is 0.353 e. The Morgan fingerprint density at radius 1 is 1.30 bits per heavy atom. The van der Waals surface area contributed by atoms with Gasteiger partial charge in [-0.3, -0.25) is 13.9 Å². The predicted octanol–water partition coefficient (Wildman–Crippen LogP) is 0.951. The number of fused-ring (bicyclic) bond motifs is 1. The summed E-state index contributed by atoms with van der Waals surface area (Å²) in [4.78, 5) is 31.1. The van der Waals surface area contributed by atoms with E-state index in [4.69, 9.17) is 0 Å². The van der Waals surface area contributed by atoms with Gasteiger partial charge in [0.15, 0.2) is 11.2 Å². The molecule has 2 N–H and O–H groups in total. The highest BCUT2D eigenvalue weighted by Crippen LogP contribution is 2.11. The first kappa shape index (κ1) is 14.4. The Kier molecular flexibility index (Phi) is 3.96. The van der Waals surface area contributed by atoms with Gasteiger partial charge in [0, 0.05) is 20.1 Å². The fourth-order valence-electron chi connectivity index (χ4n) is 2.21. The van der Waals surface area contributed by atoms with E-state index >= 15 is 0 Å². The van der Waals surface area contributed by atoms with Crippen molar-refractivity contribution in [2.75, 3.05) is 5.32 Å². The molecule has 20 heavy (non-hydrogen) atoms. The maximum atomic E-state index is 12.0. The van der Waals surface area contributed by atoms with Gasteiger partial charge in [0.05, 0.1) is 0 Å². The Morgan fingerprint density at radius 2 is 2.00 bits per heavy atom. The first-order chi connectivity index (χ1) is 9.45. The lowest BCUT2D eigenvalue weighted by molar-refractivity contribution is 0.642. The molecule has 1 unspecified atom stereocenters. The number of rotatable bonds is 5. The fraction of sp³-hybridized carbons (Fsp3) is 0.615. The predicted molar refractivity (Wildman–Crippen MR) is 79.2 cm³/mol. The van der Waals surface area contributed by atoms with E-state index in [1.165, 1.54) is 11.6 Å². The van der Waals surface area contributed by atoms with E-state index in [9.17, 15) is 9.59 Å². The SMILES string of the molecule is CCCCC(C)Nc1nc2c([nH]1)c(=O)n(C)c(=O)n2C. The van der Waals surface area contributed by atoms with Gasteiger partial charge in [-0.2, -0.15) is 4.98 Å². The fourth-order valence-corrected chi connectivity index (χ4v) is 2.21. The zero-order chi connectivity index (χ0) is 14.9. The van der Waals surface area contributed by atoms with Crippen LogP contribution in [0.25, 0.3) is 11.2 Å². The van der Waals surface area contributed by atoms with Crippen molar-refractivity contribution in [1.82, 2.24) is 19.1 Å². The van der Waals surface area contributed by atoms with Gasteiger partial charge in [0.2, 0.25) is 5.95 Å². The summed E-state index contributed by atoms with van der Waals surface area (Å²) < 4.78 is 2.44. The Bertz CT molecular complexity index is 725. The molecule has 1 atom stereocenters. The molecule has 0 saturated carbocycles. The van der Waals surface area contributed by atoms with Crippen LogP contribution in [0.4, 0.5) is 5.95 Å². The summed E-state index contributed by atoms with van der Waals surface area (Å²) in [5.74, 6) is 0.530. The van der Waals surface area contributed by atoms with Gasteiger partial charge < -0.3 is 10.3 Å². The Hall–Kier alpha value is -2.05. The van der Waals surface area contributed by atoms with Crippen LogP contribution < -0.4 is 16.6 Å². The molecule has 2 heterocycles. The normalized spacial score (nSPS) is 12.8. The van der Waals surface area contributed by atoms with Gasteiger partial charge in [0.25, 0.3) is 5.56 Å². The van der Waals surface area contributed by atoms with Crippen LogP contribution in [0.15, 0.2) is 9.59 Å². The first-order valence-electron chi connectivity index (χ1n) is 6.88. The van der Waals surface area contributed by atoms with Gasteiger partial charge in [-0.05, 0) is 13.3 Å². The minimum atomic E-state index is -0.375. The van der Waals surface area contributed by atoms with Crippen molar-refractivity contribution in [3.05, 3.63) is 20.8 Å². The standard InChI is InChI=1S/C13H21N5O2/c1-5-6-7-8(2)14-12-15-9-10(16-12)17(3)13(20)18(4)11(9)19/h8H,5-7H2,1-4H3,(H2,14,15,16). The number of imidazole rings is 1. The molecule has 2 rings (SSSR count). The van der Waals surface area contributed by atoms with E-state index in [-0.39, 0.29) is 17.3 Å². The lowest BCUT2D eigenvalue weighted by Gasteiger charge is -2.11. The zero-order valence-electron chi connectivity index (χ0n) is 12.4. The molecular weight excluding hydrogens is 258 g/mol. The van der Waals surface area contributed by atoms with Crippen molar-refractivity contribution in [2.45, 2.75) is 39.2 Å². The van der Waals surface area contributed by atoms with E-state index in [0.717, 1.165) is 23.8 Å². The second-order valence-corrected chi connectivity index (χ2v) is 5.18. The topological polar surface area (TPSA) is 84.7 Å². The van der Waals surface area contributed by atoms with Crippen LogP contribution in [-0.2, 0) is 14.1 Å². The smallest absolute Gasteiger partial charge is 0.332 e. The van der Waals surface area contributed by atoms with Crippen LogP contribution in [0.1, 0.15) is 33.1 Å². The molecule has 0 aliphatic carbocycles.